The van der Waals surface area contributed by atoms with Crippen molar-refractivity contribution in [3.05, 3.63) is 36.4 Å². The second kappa shape index (κ2) is 12.2. The number of nitrogens with zero attached hydrogens (tertiary/aromatic N) is 2. The summed E-state index contributed by atoms with van der Waals surface area (Å²) in [7, 11) is 1.55. The zero-order valence-corrected chi connectivity index (χ0v) is 20.7. The molecule has 0 saturated carbocycles. The van der Waals surface area contributed by atoms with Gasteiger partial charge in [-0.15, -0.1) is 10.2 Å². The van der Waals surface area contributed by atoms with Crippen LogP contribution in [0.2, 0.25) is 0 Å². The van der Waals surface area contributed by atoms with Crippen molar-refractivity contribution in [2.45, 2.75) is 38.2 Å². The number of rotatable bonds is 12. The van der Waals surface area contributed by atoms with E-state index in [1.807, 2.05) is 32.9 Å². The largest absolute Gasteiger partial charge is 0.495 e. The molecule has 0 saturated heterocycles. The predicted molar refractivity (Wildman–Crippen MR) is 130 cm³/mol. The molecule has 0 aliphatic carbocycles. The number of para-hydroxylation sites is 2. The quantitative estimate of drug-likeness (QED) is 0.351. The minimum Gasteiger partial charge on any atom is -0.495 e. The van der Waals surface area contributed by atoms with Crippen LogP contribution in [0.15, 0.2) is 46.0 Å². The highest BCUT2D eigenvalue weighted by Gasteiger charge is 2.22. The summed E-state index contributed by atoms with van der Waals surface area (Å²) < 4.78 is 28.4. The Labute approximate surface area is 203 Å². The summed E-state index contributed by atoms with van der Waals surface area (Å²) in [5.41, 5.74) is 1.22. The fraction of sp³-hybridized carbons (Fsp3) is 0.375. The van der Waals surface area contributed by atoms with Crippen LogP contribution in [0.3, 0.4) is 0 Å². The first-order valence-electron chi connectivity index (χ1n) is 11.0. The normalized spacial score (nSPS) is 11.6. The van der Waals surface area contributed by atoms with Gasteiger partial charge in [0, 0.05) is 5.56 Å². The van der Waals surface area contributed by atoms with Crippen LogP contribution < -0.4 is 24.3 Å². The van der Waals surface area contributed by atoms with Gasteiger partial charge in [0.15, 0.2) is 11.5 Å². The van der Waals surface area contributed by atoms with E-state index in [0.29, 0.717) is 54.1 Å². The van der Waals surface area contributed by atoms with Crippen molar-refractivity contribution < 1.29 is 28.2 Å². The number of nitrogens with one attached hydrogen (secondary N) is 1. The summed E-state index contributed by atoms with van der Waals surface area (Å²) in [5, 5.41) is 10.9. The molecule has 0 radical (unpaired) electrons. The molecule has 1 aromatic heterocycles. The van der Waals surface area contributed by atoms with Crippen LogP contribution in [0, 0.1) is 0 Å². The van der Waals surface area contributed by atoms with Crippen LogP contribution >= 0.6 is 11.8 Å². The molecule has 10 heteroatoms. The molecule has 0 fully saturated rings. The maximum absolute atomic E-state index is 12.7. The van der Waals surface area contributed by atoms with E-state index in [-0.39, 0.29) is 17.0 Å². The van der Waals surface area contributed by atoms with Crippen LogP contribution in [0.1, 0.15) is 27.7 Å². The number of methoxy groups -OCH3 is 1. The molecule has 1 amide bonds. The zero-order valence-electron chi connectivity index (χ0n) is 19.9. The van der Waals surface area contributed by atoms with Crippen molar-refractivity contribution in [2.75, 3.05) is 32.2 Å². The summed E-state index contributed by atoms with van der Waals surface area (Å²) in [6.07, 6.45) is 0. The fourth-order valence-corrected chi connectivity index (χ4v) is 3.76. The lowest BCUT2D eigenvalue weighted by molar-refractivity contribution is -0.115. The molecule has 3 aromatic rings. The van der Waals surface area contributed by atoms with Gasteiger partial charge in [0.25, 0.3) is 5.22 Å². The Morgan fingerprint density at radius 1 is 1.00 bits per heavy atom. The Hall–Kier alpha value is -3.40. The van der Waals surface area contributed by atoms with Crippen LogP contribution in [0.4, 0.5) is 5.69 Å². The molecule has 1 N–H and O–H groups in total. The number of benzene rings is 2. The van der Waals surface area contributed by atoms with E-state index in [1.165, 1.54) is 0 Å². The third-order valence-electron chi connectivity index (χ3n) is 4.57. The van der Waals surface area contributed by atoms with Crippen molar-refractivity contribution in [2.24, 2.45) is 0 Å². The Morgan fingerprint density at radius 2 is 1.65 bits per heavy atom. The highest BCUT2D eigenvalue weighted by atomic mass is 32.2. The average molecular weight is 488 g/mol. The minimum atomic E-state index is -0.489. The van der Waals surface area contributed by atoms with Gasteiger partial charge in [0.2, 0.25) is 17.5 Å². The highest BCUT2D eigenvalue weighted by Crippen LogP contribution is 2.42. The SMILES string of the molecule is CCOc1cc(-c2nnc(SC(C)C(=O)Nc3ccccc3OC)o2)cc(OCC)c1OCC. The summed E-state index contributed by atoms with van der Waals surface area (Å²) in [6, 6.07) is 10.8. The van der Waals surface area contributed by atoms with Crippen LogP contribution in [-0.4, -0.2) is 48.3 Å². The summed E-state index contributed by atoms with van der Waals surface area (Å²) in [4.78, 5) is 12.7. The lowest BCUT2D eigenvalue weighted by Gasteiger charge is -2.16. The number of thioether (sulfide) groups is 1. The first-order valence-corrected chi connectivity index (χ1v) is 11.9. The number of carbonyl (C=O) groups excluding carboxylic acids is 1. The standard InChI is InChI=1S/C24H29N3O6S/c1-6-30-19-13-16(14-20(31-7-2)21(19)32-8-3)23-26-27-24(33-23)34-15(4)22(28)25-17-11-9-10-12-18(17)29-5/h9-15H,6-8H2,1-5H3,(H,25,28). The van der Waals surface area contributed by atoms with Crippen molar-refractivity contribution >= 4 is 23.4 Å². The van der Waals surface area contributed by atoms with E-state index in [2.05, 4.69) is 15.5 Å². The molecule has 182 valence electrons. The number of aromatic nitrogens is 2. The van der Waals surface area contributed by atoms with E-state index in [9.17, 15) is 4.79 Å². The Bertz CT molecular complexity index is 1080. The van der Waals surface area contributed by atoms with Crippen LogP contribution in [0.5, 0.6) is 23.0 Å². The van der Waals surface area contributed by atoms with E-state index in [4.69, 9.17) is 23.4 Å². The van der Waals surface area contributed by atoms with Gasteiger partial charge in [-0.05, 0) is 52.0 Å². The van der Waals surface area contributed by atoms with Crippen molar-refractivity contribution in [1.82, 2.24) is 10.2 Å². The third kappa shape index (κ3) is 6.13. The van der Waals surface area contributed by atoms with E-state index in [0.717, 1.165) is 11.8 Å². The van der Waals surface area contributed by atoms with Crippen LogP contribution in [0.25, 0.3) is 11.5 Å². The van der Waals surface area contributed by atoms with Gasteiger partial charge in [0.1, 0.15) is 5.75 Å². The number of carbonyl (C=O) groups is 1. The Morgan fingerprint density at radius 3 is 2.26 bits per heavy atom. The fourth-order valence-electron chi connectivity index (χ4n) is 3.07. The number of hydrogen-bond acceptors (Lipinski definition) is 9. The first kappa shape index (κ1) is 25.2. The van der Waals surface area contributed by atoms with Gasteiger partial charge in [-0.2, -0.15) is 0 Å². The van der Waals surface area contributed by atoms with Gasteiger partial charge in [-0.1, -0.05) is 23.9 Å². The van der Waals surface area contributed by atoms with Gasteiger partial charge in [-0.3, -0.25) is 4.79 Å². The number of anilines is 1. The maximum Gasteiger partial charge on any atom is 0.277 e. The van der Waals surface area contributed by atoms with Gasteiger partial charge in [0.05, 0.1) is 37.9 Å². The topological polar surface area (TPSA) is 105 Å². The maximum atomic E-state index is 12.7. The lowest BCUT2D eigenvalue weighted by atomic mass is 10.2. The predicted octanol–water partition coefficient (Wildman–Crippen LogP) is 5.06. The monoisotopic (exact) mass is 487 g/mol. The molecule has 0 spiro atoms. The summed E-state index contributed by atoms with van der Waals surface area (Å²) in [5.74, 6) is 2.24. The van der Waals surface area contributed by atoms with Gasteiger partial charge >= 0.3 is 0 Å². The lowest BCUT2D eigenvalue weighted by Crippen LogP contribution is -2.22. The molecular weight excluding hydrogens is 458 g/mol. The molecule has 3 rings (SSSR count). The van der Waals surface area contributed by atoms with E-state index >= 15 is 0 Å². The molecule has 0 aliphatic heterocycles. The smallest absolute Gasteiger partial charge is 0.277 e. The Balaban J connectivity index is 1.78. The van der Waals surface area contributed by atoms with Gasteiger partial charge in [-0.25, -0.2) is 0 Å². The third-order valence-corrected chi connectivity index (χ3v) is 5.51. The minimum absolute atomic E-state index is 0.215. The average Bonchev–Trinajstić information content (AvgIpc) is 3.30. The second-order valence-corrected chi connectivity index (χ2v) is 8.22. The molecule has 0 aliphatic rings. The molecule has 2 aromatic carbocycles. The zero-order chi connectivity index (χ0) is 24.5. The molecular formula is C24H29N3O6S. The molecule has 34 heavy (non-hydrogen) atoms. The van der Waals surface area contributed by atoms with Crippen molar-refractivity contribution in [3.63, 3.8) is 0 Å². The first-order chi connectivity index (χ1) is 16.5. The molecule has 1 unspecified atom stereocenters. The highest BCUT2D eigenvalue weighted by molar-refractivity contribution is 8.00. The van der Waals surface area contributed by atoms with E-state index < -0.39 is 5.25 Å². The van der Waals surface area contributed by atoms with Gasteiger partial charge < -0.3 is 28.7 Å². The molecule has 0 bridgehead atoms. The summed E-state index contributed by atoms with van der Waals surface area (Å²) >= 11 is 1.16. The molecule has 1 heterocycles. The summed E-state index contributed by atoms with van der Waals surface area (Å²) in [6.45, 7) is 8.82. The van der Waals surface area contributed by atoms with E-state index in [1.54, 1.807) is 38.3 Å². The van der Waals surface area contributed by atoms with Crippen molar-refractivity contribution in [3.8, 4) is 34.5 Å². The second-order valence-electron chi connectivity index (χ2n) is 6.92. The Kier molecular flexibility index (Phi) is 9.03. The molecule has 1 atom stereocenters. The number of hydrogen-bond donors (Lipinski definition) is 1. The van der Waals surface area contributed by atoms with Crippen molar-refractivity contribution in [1.29, 1.82) is 0 Å². The van der Waals surface area contributed by atoms with Crippen LogP contribution in [-0.2, 0) is 4.79 Å². The number of amides is 1. The number of ether oxygens (including phenoxy) is 4. The molecule has 9 nitrogen and oxygen atoms in total.